The summed E-state index contributed by atoms with van der Waals surface area (Å²) in [6, 6.07) is 13.6. The number of hydrogen-bond acceptors (Lipinski definition) is 4. The number of benzene rings is 2. The largest absolute Gasteiger partial charge is 0.497 e. The molecule has 4 nitrogen and oxygen atoms in total. The van der Waals surface area contributed by atoms with E-state index >= 15 is 0 Å². The van der Waals surface area contributed by atoms with Gasteiger partial charge in [0.2, 0.25) is 0 Å². The molecule has 4 heteroatoms. The van der Waals surface area contributed by atoms with Gasteiger partial charge in [0.25, 0.3) is 0 Å². The van der Waals surface area contributed by atoms with Crippen molar-refractivity contribution in [2.45, 2.75) is 0 Å². The van der Waals surface area contributed by atoms with E-state index in [1.54, 1.807) is 21.3 Å². The quantitative estimate of drug-likeness (QED) is 0.843. The van der Waals surface area contributed by atoms with Gasteiger partial charge in [-0.15, -0.1) is 0 Å². The van der Waals surface area contributed by atoms with Crippen LogP contribution in [0.3, 0.4) is 0 Å². The van der Waals surface area contributed by atoms with Gasteiger partial charge < -0.3 is 19.5 Å². The van der Waals surface area contributed by atoms with Crippen molar-refractivity contribution >= 4 is 11.8 Å². The Hall–Kier alpha value is -2.62. The first kappa shape index (κ1) is 15.8. The molecule has 1 N–H and O–H groups in total. The lowest BCUT2D eigenvalue weighted by molar-refractivity contribution is 0.404. The lowest BCUT2D eigenvalue weighted by Gasteiger charge is -2.11. The number of ether oxygens (including phenoxy) is 3. The van der Waals surface area contributed by atoms with Crippen molar-refractivity contribution in [2.24, 2.45) is 0 Å². The Labute approximate surface area is 131 Å². The van der Waals surface area contributed by atoms with Gasteiger partial charge >= 0.3 is 0 Å². The second-order valence-corrected chi connectivity index (χ2v) is 4.59. The van der Waals surface area contributed by atoms with E-state index in [-0.39, 0.29) is 0 Å². The van der Waals surface area contributed by atoms with E-state index in [1.165, 1.54) is 0 Å². The van der Waals surface area contributed by atoms with Crippen LogP contribution in [0.25, 0.3) is 6.08 Å². The number of methoxy groups -OCH3 is 3. The van der Waals surface area contributed by atoms with Crippen LogP contribution < -0.4 is 19.5 Å². The van der Waals surface area contributed by atoms with Crippen molar-refractivity contribution in [3.8, 4) is 17.2 Å². The van der Waals surface area contributed by atoms with Crippen LogP contribution >= 0.6 is 0 Å². The molecule has 0 aromatic heterocycles. The molecule has 0 heterocycles. The summed E-state index contributed by atoms with van der Waals surface area (Å²) in [6.07, 6.45) is 4.06. The normalized spacial score (nSPS) is 10.5. The molecule has 0 unspecified atom stereocenters. The molecule has 0 bridgehead atoms. The van der Waals surface area contributed by atoms with Crippen molar-refractivity contribution in [1.82, 2.24) is 0 Å². The SMILES string of the molecule is COc1ccc(OC)c(NC/C=C/c2ccccc2OC)c1. The number of para-hydroxylation sites is 1. The predicted molar refractivity (Wildman–Crippen MR) is 90.1 cm³/mol. The molecule has 2 rings (SSSR count). The zero-order valence-electron chi connectivity index (χ0n) is 13.1. The van der Waals surface area contributed by atoms with Gasteiger partial charge in [-0.05, 0) is 18.2 Å². The molecule has 0 aliphatic heterocycles. The van der Waals surface area contributed by atoms with E-state index in [2.05, 4.69) is 5.32 Å². The molecule has 0 aliphatic carbocycles. The van der Waals surface area contributed by atoms with Crippen LogP contribution in [0.2, 0.25) is 0 Å². The van der Waals surface area contributed by atoms with Gasteiger partial charge in [0.05, 0.1) is 27.0 Å². The summed E-state index contributed by atoms with van der Waals surface area (Å²) in [5, 5.41) is 3.31. The Balaban J connectivity index is 2.03. The lowest BCUT2D eigenvalue weighted by Crippen LogP contribution is -2.01. The van der Waals surface area contributed by atoms with Gasteiger partial charge in [0.15, 0.2) is 0 Å². The Kier molecular flexibility index (Phi) is 5.72. The topological polar surface area (TPSA) is 39.7 Å². The average Bonchev–Trinajstić information content (AvgIpc) is 2.58. The second-order valence-electron chi connectivity index (χ2n) is 4.59. The van der Waals surface area contributed by atoms with E-state index in [0.717, 1.165) is 28.5 Å². The first-order valence-corrected chi connectivity index (χ1v) is 7.04. The van der Waals surface area contributed by atoms with Crippen LogP contribution in [0.5, 0.6) is 17.2 Å². The summed E-state index contributed by atoms with van der Waals surface area (Å²) in [4.78, 5) is 0. The maximum Gasteiger partial charge on any atom is 0.142 e. The molecule has 0 spiro atoms. The molecule has 116 valence electrons. The maximum absolute atomic E-state index is 5.33. The first-order valence-electron chi connectivity index (χ1n) is 7.04. The van der Waals surface area contributed by atoms with Gasteiger partial charge in [0.1, 0.15) is 17.2 Å². The Morgan fingerprint density at radius 3 is 2.41 bits per heavy atom. The summed E-state index contributed by atoms with van der Waals surface area (Å²) in [5.74, 6) is 2.43. The fraction of sp³-hybridized carbons (Fsp3) is 0.222. The molecular weight excluding hydrogens is 278 g/mol. The minimum Gasteiger partial charge on any atom is -0.497 e. The molecule has 0 atom stereocenters. The highest BCUT2D eigenvalue weighted by Gasteiger charge is 2.03. The van der Waals surface area contributed by atoms with Crippen LogP contribution in [-0.4, -0.2) is 27.9 Å². The maximum atomic E-state index is 5.33. The average molecular weight is 299 g/mol. The summed E-state index contributed by atoms with van der Waals surface area (Å²) in [6.45, 7) is 0.668. The van der Waals surface area contributed by atoms with Crippen LogP contribution in [0.1, 0.15) is 5.56 Å². The first-order chi connectivity index (χ1) is 10.8. The Morgan fingerprint density at radius 1 is 0.909 bits per heavy atom. The van der Waals surface area contributed by atoms with Crippen LogP contribution in [0, 0.1) is 0 Å². The monoisotopic (exact) mass is 299 g/mol. The summed E-state index contributed by atoms with van der Waals surface area (Å²) in [5.41, 5.74) is 1.94. The van der Waals surface area contributed by atoms with E-state index in [1.807, 2.05) is 54.6 Å². The molecule has 22 heavy (non-hydrogen) atoms. The zero-order chi connectivity index (χ0) is 15.8. The highest BCUT2D eigenvalue weighted by molar-refractivity contribution is 5.61. The minimum atomic E-state index is 0.668. The van der Waals surface area contributed by atoms with Gasteiger partial charge in [-0.3, -0.25) is 0 Å². The molecule has 2 aromatic rings. The summed E-state index contributed by atoms with van der Waals surface area (Å²) >= 11 is 0. The molecule has 0 amide bonds. The van der Waals surface area contributed by atoms with Crippen molar-refractivity contribution in [3.05, 3.63) is 54.1 Å². The third-order valence-corrected chi connectivity index (χ3v) is 3.25. The fourth-order valence-corrected chi connectivity index (χ4v) is 2.11. The third kappa shape index (κ3) is 3.95. The van der Waals surface area contributed by atoms with Gasteiger partial charge in [-0.25, -0.2) is 0 Å². The molecule has 0 fully saturated rings. The molecule has 0 saturated heterocycles. The van der Waals surface area contributed by atoms with Gasteiger partial charge in [-0.1, -0.05) is 30.4 Å². The highest BCUT2D eigenvalue weighted by atomic mass is 16.5. The molecule has 0 saturated carbocycles. The standard InChI is InChI=1S/C18H21NO3/c1-20-15-10-11-18(22-3)16(13-15)19-12-6-8-14-7-4-5-9-17(14)21-2/h4-11,13,19H,12H2,1-3H3/b8-6+. The van der Waals surface area contributed by atoms with E-state index in [0.29, 0.717) is 6.54 Å². The molecular formula is C18H21NO3. The minimum absolute atomic E-state index is 0.668. The fourth-order valence-electron chi connectivity index (χ4n) is 2.11. The van der Waals surface area contributed by atoms with Crippen molar-refractivity contribution in [1.29, 1.82) is 0 Å². The van der Waals surface area contributed by atoms with Crippen LogP contribution in [0.4, 0.5) is 5.69 Å². The van der Waals surface area contributed by atoms with Crippen LogP contribution in [-0.2, 0) is 0 Å². The predicted octanol–water partition coefficient (Wildman–Crippen LogP) is 3.84. The van der Waals surface area contributed by atoms with Gasteiger partial charge in [0, 0.05) is 18.2 Å². The van der Waals surface area contributed by atoms with E-state index in [9.17, 15) is 0 Å². The zero-order valence-corrected chi connectivity index (χ0v) is 13.1. The summed E-state index contributed by atoms with van der Waals surface area (Å²) in [7, 11) is 4.97. The number of anilines is 1. The number of nitrogens with one attached hydrogen (secondary N) is 1. The Bertz CT molecular complexity index is 638. The van der Waals surface area contributed by atoms with Crippen molar-refractivity contribution in [3.63, 3.8) is 0 Å². The van der Waals surface area contributed by atoms with E-state index in [4.69, 9.17) is 14.2 Å². The summed E-state index contributed by atoms with van der Waals surface area (Å²) < 4.78 is 15.9. The van der Waals surface area contributed by atoms with Gasteiger partial charge in [-0.2, -0.15) is 0 Å². The number of hydrogen-bond donors (Lipinski definition) is 1. The highest BCUT2D eigenvalue weighted by Crippen LogP contribution is 2.28. The van der Waals surface area contributed by atoms with Crippen molar-refractivity contribution in [2.75, 3.05) is 33.2 Å². The Morgan fingerprint density at radius 2 is 1.68 bits per heavy atom. The lowest BCUT2D eigenvalue weighted by atomic mass is 10.2. The van der Waals surface area contributed by atoms with Crippen LogP contribution in [0.15, 0.2) is 48.5 Å². The second kappa shape index (κ2) is 7.98. The molecule has 0 aliphatic rings. The third-order valence-electron chi connectivity index (χ3n) is 3.25. The molecule has 2 aromatic carbocycles. The number of rotatable bonds is 7. The van der Waals surface area contributed by atoms with Crippen molar-refractivity contribution < 1.29 is 14.2 Å². The molecule has 0 radical (unpaired) electrons. The smallest absolute Gasteiger partial charge is 0.142 e. The van der Waals surface area contributed by atoms with E-state index < -0.39 is 0 Å².